The number of nitrogens with zero attached hydrogens (tertiary/aromatic N) is 2. The molecule has 2 heterocycles. The van der Waals surface area contributed by atoms with Gasteiger partial charge in [0, 0.05) is 16.8 Å². The van der Waals surface area contributed by atoms with Crippen LogP contribution in [0.1, 0.15) is 20.8 Å². The molecule has 0 unspecified atom stereocenters. The minimum Gasteiger partial charge on any atom is -0.298 e. The van der Waals surface area contributed by atoms with E-state index < -0.39 is 5.41 Å². The summed E-state index contributed by atoms with van der Waals surface area (Å²) in [6.45, 7) is 9.80. The number of Topliss-reactive ketones (excluding diaryl/α,β-unsaturated/α-hetero) is 1. The van der Waals surface area contributed by atoms with E-state index in [0.29, 0.717) is 21.9 Å². The SMILES string of the molecule is C=CCn1c(SCC(=O)C(C)(C)C)nc2sc(-c3ccccc3)cc2c1=O. The van der Waals surface area contributed by atoms with E-state index in [1.54, 1.807) is 10.6 Å². The van der Waals surface area contributed by atoms with Gasteiger partial charge in [0.05, 0.1) is 11.1 Å². The summed E-state index contributed by atoms with van der Waals surface area (Å²) < 4.78 is 1.59. The van der Waals surface area contributed by atoms with E-state index in [-0.39, 0.29) is 17.1 Å². The maximum Gasteiger partial charge on any atom is 0.263 e. The molecule has 0 aliphatic heterocycles. The molecule has 3 aromatic rings. The van der Waals surface area contributed by atoms with Gasteiger partial charge in [-0.2, -0.15) is 0 Å². The molecule has 0 spiro atoms. The van der Waals surface area contributed by atoms with E-state index in [1.807, 2.05) is 57.2 Å². The fourth-order valence-electron chi connectivity index (χ4n) is 2.49. The standard InChI is InChI=1S/C21H22N2O2S2/c1-5-11-23-19(25)15-12-16(14-9-7-6-8-10-14)27-18(15)22-20(23)26-13-17(24)21(2,3)4/h5-10,12H,1,11,13H2,2-4H3. The number of thiophene rings is 1. The van der Waals surface area contributed by atoms with Gasteiger partial charge in [0.15, 0.2) is 5.16 Å². The summed E-state index contributed by atoms with van der Waals surface area (Å²) in [4.78, 5) is 31.7. The van der Waals surface area contributed by atoms with Crippen LogP contribution >= 0.6 is 23.1 Å². The van der Waals surface area contributed by atoms with Gasteiger partial charge in [0.2, 0.25) is 0 Å². The second-order valence-electron chi connectivity index (χ2n) is 7.26. The molecule has 2 aromatic heterocycles. The van der Waals surface area contributed by atoms with Crippen molar-refractivity contribution in [2.24, 2.45) is 5.41 Å². The average molecular weight is 399 g/mol. The minimum atomic E-state index is -0.413. The molecule has 0 atom stereocenters. The van der Waals surface area contributed by atoms with Crippen molar-refractivity contribution < 1.29 is 4.79 Å². The van der Waals surface area contributed by atoms with Crippen LogP contribution in [-0.2, 0) is 11.3 Å². The molecular weight excluding hydrogens is 376 g/mol. The first kappa shape index (κ1) is 19.6. The highest BCUT2D eigenvalue weighted by atomic mass is 32.2. The molecule has 3 rings (SSSR count). The molecule has 0 saturated carbocycles. The molecule has 0 amide bonds. The van der Waals surface area contributed by atoms with Gasteiger partial charge >= 0.3 is 0 Å². The Labute approximate surface area is 167 Å². The van der Waals surface area contributed by atoms with Crippen molar-refractivity contribution >= 4 is 39.1 Å². The maximum absolute atomic E-state index is 13.0. The number of allylic oxidation sites excluding steroid dienone is 1. The maximum atomic E-state index is 13.0. The van der Waals surface area contributed by atoms with Crippen molar-refractivity contribution in [3.63, 3.8) is 0 Å². The highest BCUT2D eigenvalue weighted by Gasteiger charge is 2.22. The summed E-state index contributed by atoms with van der Waals surface area (Å²) in [5.41, 5.74) is 0.556. The van der Waals surface area contributed by atoms with Gasteiger partial charge in [0.1, 0.15) is 10.6 Å². The number of carbonyl (C=O) groups is 1. The summed E-state index contributed by atoms with van der Waals surface area (Å²) in [5.74, 6) is 0.415. The molecule has 4 nitrogen and oxygen atoms in total. The third-order valence-corrected chi connectivity index (χ3v) is 6.21. The van der Waals surface area contributed by atoms with Crippen LogP contribution in [0, 0.1) is 5.41 Å². The minimum absolute atomic E-state index is 0.0935. The van der Waals surface area contributed by atoms with Crippen molar-refractivity contribution in [1.29, 1.82) is 0 Å². The largest absolute Gasteiger partial charge is 0.298 e. The zero-order valence-corrected chi connectivity index (χ0v) is 17.3. The molecule has 0 aliphatic carbocycles. The molecule has 140 valence electrons. The summed E-state index contributed by atoms with van der Waals surface area (Å²) >= 11 is 2.81. The molecule has 0 aliphatic rings. The summed E-state index contributed by atoms with van der Waals surface area (Å²) in [6.07, 6.45) is 1.68. The molecule has 27 heavy (non-hydrogen) atoms. The van der Waals surface area contributed by atoms with Crippen molar-refractivity contribution in [3.05, 3.63) is 59.4 Å². The predicted octanol–water partition coefficient (Wildman–Crippen LogP) is 5.02. The lowest BCUT2D eigenvalue weighted by Gasteiger charge is -2.16. The van der Waals surface area contributed by atoms with Crippen molar-refractivity contribution in [3.8, 4) is 10.4 Å². The number of rotatable bonds is 6. The third-order valence-electron chi connectivity index (χ3n) is 4.15. The van der Waals surface area contributed by atoms with Gasteiger partial charge in [-0.3, -0.25) is 14.2 Å². The predicted molar refractivity (Wildman–Crippen MR) is 115 cm³/mol. The lowest BCUT2D eigenvalue weighted by atomic mass is 9.92. The number of ketones is 1. The van der Waals surface area contributed by atoms with Gasteiger partial charge in [-0.05, 0) is 11.6 Å². The number of benzene rings is 1. The van der Waals surface area contributed by atoms with Crippen LogP contribution in [0.25, 0.3) is 20.7 Å². The van der Waals surface area contributed by atoms with Gasteiger partial charge in [-0.25, -0.2) is 4.98 Å². The number of thioether (sulfide) groups is 1. The fraction of sp³-hybridized carbons (Fsp3) is 0.286. The quantitative estimate of drug-likeness (QED) is 0.332. The van der Waals surface area contributed by atoms with Crippen LogP contribution in [0.15, 0.2) is 59.0 Å². The van der Waals surface area contributed by atoms with Crippen molar-refractivity contribution in [2.45, 2.75) is 32.5 Å². The smallest absolute Gasteiger partial charge is 0.263 e. The summed E-state index contributed by atoms with van der Waals surface area (Å²) in [6, 6.07) is 11.9. The second-order valence-corrected chi connectivity index (χ2v) is 9.23. The van der Waals surface area contributed by atoms with Crippen LogP contribution in [0.4, 0.5) is 0 Å². The van der Waals surface area contributed by atoms with E-state index in [1.165, 1.54) is 23.1 Å². The number of hydrogen-bond donors (Lipinski definition) is 0. The van der Waals surface area contributed by atoms with Crippen molar-refractivity contribution in [2.75, 3.05) is 5.75 Å². The second kappa shape index (κ2) is 7.82. The number of carbonyl (C=O) groups excluding carboxylic acids is 1. The van der Waals surface area contributed by atoms with Crippen molar-refractivity contribution in [1.82, 2.24) is 9.55 Å². The van der Waals surface area contributed by atoms with Crippen LogP contribution in [-0.4, -0.2) is 21.1 Å². The van der Waals surface area contributed by atoms with Crippen LogP contribution in [0.3, 0.4) is 0 Å². The summed E-state index contributed by atoms with van der Waals surface area (Å²) in [7, 11) is 0. The molecule has 0 bridgehead atoms. The monoisotopic (exact) mass is 398 g/mol. The Morgan fingerprint density at radius 1 is 1.30 bits per heavy atom. The molecule has 0 radical (unpaired) electrons. The number of hydrogen-bond acceptors (Lipinski definition) is 5. The highest BCUT2D eigenvalue weighted by Crippen LogP contribution is 2.32. The first-order valence-corrected chi connectivity index (χ1v) is 10.5. The van der Waals surface area contributed by atoms with Gasteiger partial charge < -0.3 is 0 Å². The van der Waals surface area contributed by atoms with E-state index in [0.717, 1.165) is 10.4 Å². The highest BCUT2D eigenvalue weighted by molar-refractivity contribution is 7.99. The van der Waals surface area contributed by atoms with E-state index in [4.69, 9.17) is 4.98 Å². The first-order valence-electron chi connectivity index (χ1n) is 8.68. The van der Waals surface area contributed by atoms with Gasteiger partial charge in [-0.15, -0.1) is 17.9 Å². The molecule has 0 N–H and O–H groups in total. The Kier molecular flexibility index (Phi) is 5.67. The molecular formula is C21H22N2O2S2. The Bertz CT molecular complexity index is 1040. The summed E-state index contributed by atoms with van der Waals surface area (Å²) in [5, 5.41) is 1.17. The van der Waals surface area contributed by atoms with Crippen LogP contribution < -0.4 is 5.56 Å². The molecule has 0 fully saturated rings. The zero-order chi connectivity index (χ0) is 19.6. The number of aromatic nitrogens is 2. The zero-order valence-electron chi connectivity index (χ0n) is 15.7. The Morgan fingerprint density at radius 2 is 2.00 bits per heavy atom. The van der Waals surface area contributed by atoms with E-state index in [9.17, 15) is 9.59 Å². The average Bonchev–Trinajstić information content (AvgIpc) is 3.07. The number of fused-ring (bicyclic) bond motifs is 1. The van der Waals surface area contributed by atoms with Gasteiger partial charge in [0.25, 0.3) is 5.56 Å². The normalized spacial score (nSPS) is 11.7. The third kappa shape index (κ3) is 4.22. The molecule has 1 aromatic carbocycles. The van der Waals surface area contributed by atoms with Gasteiger partial charge in [-0.1, -0.05) is 68.9 Å². The van der Waals surface area contributed by atoms with Crippen LogP contribution in [0.2, 0.25) is 0 Å². The topological polar surface area (TPSA) is 52.0 Å². The lowest BCUT2D eigenvalue weighted by Crippen LogP contribution is -2.25. The molecule has 6 heteroatoms. The fourth-order valence-corrected chi connectivity index (χ4v) is 4.74. The van der Waals surface area contributed by atoms with E-state index >= 15 is 0 Å². The first-order chi connectivity index (χ1) is 12.8. The van der Waals surface area contributed by atoms with E-state index in [2.05, 4.69) is 6.58 Å². The Morgan fingerprint density at radius 3 is 2.63 bits per heavy atom. The Balaban J connectivity index is 2.05. The lowest BCUT2D eigenvalue weighted by molar-refractivity contribution is -0.123. The van der Waals surface area contributed by atoms with Crippen LogP contribution in [0.5, 0.6) is 0 Å². The molecule has 0 saturated heterocycles. The Hall–Kier alpha value is -2.18.